The smallest absolute Gasteiger partial charge is 0.269 e. The number of nitrogens with one attached hydrogen (secondary N) is 2. The molecule has 0 radical (unpaired) electrons. The van der Waals surface area contributed by atoms with Gasteiger partial charge in [-0.05, 0) is 31.2 Å². The maximum absolute atomic E-state index is 10.7. The van der Waals surface area contributed by atoms with Crippen LogP contribution >= 0.6 is 24.0 Å². The number of aryl methyl sites for hydroxylation is 1. The lowest BCUT2D eigenvalue weighted by atomic mass is 9.57. The Labute approximate surface area is 183 Å². The number of benzene rings is 1. The normalized spacial score (nSPS) is 25.2. The van der Waals surface area contributed by atoms with Gasteiger partial charge in [-0.25, -0.2) is 0 Å². The number of hydrogen-bond acceptors (Lipinski definition) is 4. The molecule has 0 spiro atoms. The summed E-state index contributed by atoms with van der Waals surface area (Å²) in [5.74, 6) is 1.44. The number of hydrogen-bond donors (Lipinski definition) is 2. The number of non-ortho nitro benzene ring substituents is 1. The number of unbranched alkanes of at least 4 members (excludes halogenated alkanes) is 1. The van der Waals surface area contributed by atoms with Crippen molar-refractivity contribution in [3.05, 3.63) is 39.9 Å². The van der Waals surface area contributed by atoms with Crippen LogP contribution in [0.25, 0.3) is 0 Å². The molecule has 0 bridgehead atoms. The molecule has 1 aromatic rings. The Morgan fingerprint density at radius 3 is 2.68 bits per heavy atom. The molecule has 156 valence electrons. The zero-order valence-electron chi connectivity index (χ0n) is 16.8. The van der Waals surface area contributed by atoms with Crippen molar-refractivity contribution in [3.8, 4) is 0 Å². The third kappa shape index (κ3) is 4.94. The van der Waals surface area contributed by atoms with Crippen molar-refractivity contribution in [2.75, 3.05) is 20.2 Å². The molecule has 3 rings (SSSR count). The summed E-state index contributed by atoms with van der Waals surface area (Å²) in [4.78, 5) is 14.7. The Bertz CT molecular complexity index is 693. The molecule has 3 atom stereocenters. The van der Waals surface area contributed by atoms with E-state index in [0.29, 0.717) is 18.1 Å². The quantitative estimate of drug-likeness (QED) is 0.149. The Balaban J connectivity index is 0.00000280. The van der Waals surface area contributed by atoms with Crippen molar-refractivity contribution in [2.45, 2.75) is 51.7 Å². The van der Waals surface area contributed by atoms with E-state index in [9.17, 15) is 10.1 Å². The first-order valence-corrected chi connectivity index (χ1v) is 9.75. The maximum atomic E-state index is 10.7. The van der Waals surface area contributed by atoms with Crippen molar-refractivity contribution in [1.29, 1.82) is 0 Å². The Morgan fingerprint density at radius 2 is 2.04 bits per heavy atom. The molecule has 7 nitrogen and oxygen atoms in total. The van der Waals surface area contributed by atoms with Gasteiger partial charge in [0.05, 0.1) is 11.0 Å². The summed E-state index contributed by atoms with van der Waals surface area (Å²) in [7, 11) is 1.81. The SMILES string of the molecule is CN=C(NCCCCc1ccc([N+](=O)[O-])cc1)NC1C2CCOC2C1(C)C.I. The summed E-state index contributed by atoms with van der Waals surface area (Å²) in [6, 6.07) is 7.21. The number of nitrogens with zero attached hydrogens (tertiary/aromatic N) is 2. The van der Waals surface area contributed by atoms with Crippen LogP contribution in [0.15, 0.2) is 29.3 Å². The fraction of sp³-hybridized carbons (Fsp3) is 0.650. The van der Waals surface area contributed by atoms with Crippen molar-refractivity contribution in [2.24, 2.45) is 16.3 Å². The van der Waals surface area contributed by atoms with Gasteiger partial charge in [0.1, 0.15) is 0 Å². The number of ether oxygens (including phenoxy) is 1. The average molecular weight is 502 g/mol. The van der Waals surface area contributed by atoms with Gasteiger partial charge in [0, 0.05) is 49.7 Å². The molecule has 1 aliphatic carbocycles. The van der Waals surface area contributed by atoms with Gasteiger partial charge in [0.2, 0.25) is 0 Å². The summed E-state index contributed by atoms with van der Waals surface area (Å²) >= 11 is 0. The van der Waals surface area contributed by atoms with Crippen LogP contribution in [0.1, 0.15) is 38.7 Å². The highest BCUT2D eigenvalue weighted by molar-refractivity contribution is 14.0. The molecular weight excluding hydrogens is 471 g/mol. The number of aliphatic imine (C=N–C) groups is 1. The monoisotopic (exact) mass is 502 g/mol. The second-order valence-corrected chi connectivity index (χ2v) is 8.07. The average Bonchev–Trinajstić information content (AvgIpc) is 3.11. The number of rotatable bonds is 7. The number of guanidine groups is 1. The van der Waals surface area contributed by atoms with Crippen LogP contribution in [0.3, 0.4) is 0 Å². The molecule has 2 aliphatic rings. The molecule has 3 unspecified atom stereocenters. The first-order chi connectivity index (χ1) is 12.9. The van der Waals surface area contributed by atoms with Gasteiger partial charge in [0.15, 0.2) is 5.96 Å². The largest absolute Gasteiger partial charge is 0.377 e. The fourth-order valence-electron chi connectivity index (χ4n) is 4.40. The second-order valence-electron chi connectivity index (χ2n) is 8.07. The van der Waals surface area contributed by atoms with E-state index in [-0.39, 0.29) is 40.0 Å². The van der Waals surface area contributed by atoms with Gasteiger partial charge >= 0.3 is 0 Å². The lowest BCUT2D eigenvalue weighted by Crippen LogP contribution is -2.67. The van der Waals surface area contributed by atoms with E-state index >= 15 is 0 Å². The van der Waals surface area contributed by atoms with Crippen LogP contribution in [0.2, 0.25) is 0 Å². The van der Waals surface area contributed by atoms with Crippen LogP contribution in [0.4, 0.5) is 5.69 Å². The van der Waals surface area contributed by atoms with Crippen LogP contribution in [0.5, 0.6) is 0 Å². The fourth-order valence-corrected chi connectivity index (χ4v) is 4.40. The topological polar surface area (TPSA) is 88.8 Å². The predicted octanol–water partition coefficient (Wildman–Crippen LogP) is 3.51. The summed E-state index contributed by atoms with van der Waals surface area (Å²) in [6.07, 6.45) is 4.45. The van der Waals surface area contributed by atoms with Crippen LogP contribution in [-0.4, -0.2) is 43.2 Å². The lowest BCUT2D eigenvalue weighted by molar-refractivity contribution is -0.384. The van der Waals surface area contributed by atoms with Gasteiger partial charge < -0.3 is 15.4 Å². The zero-order valence-corrected chi connectivity index (χ0v) is 19.1. The van der Waals surface area contributed by atoms with Gasteiger partial charge in [-0.3, -0.25) is 15.1 Å². The van der Waals surface area contributed by atoms with Crippen LogP contribution in [0, 0.1) is 21.4 Å². The molecule has 28 heavy (non-hydrogen) atoms. The van der Waals surface area contributed by atoms with Crippen molar-refractivity contribution in [3.63, 3.8) is 0 Å². The number of nitro groups is 1. The van der Waals surface area contributed by atoms with Crippen molar-refractivity contribution >= 4 is 35.6 Å². The number of halogens is 1. The van der Waals surface area contributed by atoms with Crippen molar-refractivity contribution in [1.82, 2.24) is 10.6 Å². The summed E-state index contributed by atoms with van der Waals surface area (Å²) < 4.78 is 5.85. The summed E-state index contributed by atoms with van der Waals surface area (Å²) in [6.45, 7) is 6.24. The zero-order chi connectivity index (χ0) is 19.4. The highest BCUT2D eigenvalue weighted by atomic mass is 127. The molecule has 1 heterocycles. The molecule has 0 amide bonds. The van der Waals surface area contributed by atoms with Gasteiger partial charge in [-0.1, -0.05) is 26.0 Å². The highest BCUT2D eigenvalue weighted by Crippen LogP contribution is 2.52. The Kier molecular flexibility index (Phi) is 8.06. The minimum absolute atomic E-state index is 0. The third-order valence-electron chi connectivity index (χ3n) is 5.95. The number of nitro benzene ring substituents is 1. The highest BCUT2D eigenvalue weighted by Gasteiger charge is 2.59. The minimum atomic E-state index is -0.365. The van der Waals surface area contributed by atoms with E-state index in [2.05, 4.69) is 29.5 Å². The lowest BCUT2D eigenvalue weighted by Gasteiger charge is -2.54. The summed E-state index contributed by atoms with van der Waals surface area (Å²) in [5.41, 5.74) is 1.41. The molecule has 2 N–H and O–H groups in total. The van der Waals surface area contributed by atoms with Crippen LogP contribution < -0.4 is 10.6 Å². The Morgan fingerprint density at radius 1 is 1.32 bits per heavy atom. The molecule has 1 aromatic carbocycles. The third-order valence-corrected chi connectivity index (χ3v) is 5.95. The maximum Gasteiger partial charge on any atom is 0.269 e. The molecule has 0 aromatic heterocycles. The first-order valence-electron chi connectivity index (χ1n) is 9.75. The van der Waals surface area contributed by atoms with E-state index in [1.54, 1.807) is 19.2 Å². The van der Waals surface area contributed by atoms with E-state index in [1.807, 2.05) is 12.1 Å². The summed E-state index contributed by atoms with van der Waals surface area (Å²) in [5, 5.41) is 17.7. The van der Waals surface area contributed by atoms with Gasteiger partial charge in [-0.2, -0.15) is 0 Å². The standard InChI is InChI=1S/C20H30N4O3.HI/c1-20(2)17(16-11-13-27-18(16)20)23-19(21-3)22-12-5-4-6-14-7-9-15(10-8-14)24(25)26;/h7-10,16-18H,4-6,11-13H2,1-3H3,(H2,21,22,23);1H. The predicted molar refractivity (Wildman–Crippen MR) is 121 cm³/mol. The van der Waals surface area contributed by atoms with Crippen molar-refractivity contribution < 1.29 is 9.66 Å². The molecule has 1 saturated carbocycles. The molecular formula is C20H31IN4O3. The van der Waals surface area contributed by atoms with E-state index in [4.69, 9.17) is 4.74 Å². The molecule has 1 saturated heterocycles. The minimum Gasteiger partial charge on any atom is -0.377 e. The molecule has 2 fully saturated rings. The van der Waals surface area contributed by atoms with E-state index in [0.717, 1.165) is 50.4 Å². The van der Waals surface area contributed by atoms with E-state index < -0.39 is 0 Å². The van der Waals surface area contributed by atoms with Crippen LogP contribution in [-0.2, 0) is 11.2 Å². The van der Waals surface area contributed by atoms with Gasteiger partial charge in [0.25, 0.3) is 5.69 Å². The van der Waals surface area contributed by atoms with Gasteiger partial charge in [-0.15, -0.1) is 24.0 Å². The van der Waals surface area contributed by atoms with E-state index in [1.165, 1.54) is 0 Å². The first kappa shape index (κ1) is 22.9. The molecule has 1 aliphatic heterocycles. The second kappa shape index (κ2) is 9.87. The molecule has 8 heteroatoms. The Hall–Kier alpha value is -1.42. The number of fused-ring (bicyclic) bond motifs is 1.